The molecule has 0 bridgehead atoms. The number of para-hydroxylation sites is 3. The van der Waals surface area contributed by atoms with Gasteiger partial charge in [-0.2, -0.15) is 0 Å². The molecule has 11 rings (SSSR count). The SMILES string of the molecule is [2H]c1c([2H])c([2H])c2c(c1[2H])c1c([2H])c([2H])c([2H])c([2H])c1n2-c1ccccc1-c1nc(-c2ccccc2)nc(-c2cccc(-c3cccc4c3sc3c(-c5ccccc5)cccc34)c2)n1. The summed E-state index contributed by atoms with van der Waals surface area (Å²) in [4.78, 5) is 15.2. The fourth-order valence-electron chi connectivity index (χ4n) is 7.58. The van der Waals surface area contributed by atoms with Crippen molar-refractivity contribution in [1.29, 1.82) is 0 Å². The van der Waals surface area contributed by atoms with E-state index >= 15 is 0 Å². The summed E-state index contributed by atoms with van der Waals surface area (Å²) in [5.74, 6) is 1.04. The predicted octanol–water partition coefficient (Wildman–Crippen LogP) is 13.7. The van der Waals surface area contributed by atoms with E-state index in [2.05, 4.69) is 72.8 Å². The van der Waals surface area contributed by atoms with Crippen molar-refractivity contribution in [3.8, 4) is 62.1 Å². The minimum absolute atomic E-state index is 0.00845. The van der Waals surface area contributed by atoms with Crippen molar-refractivity contribution in [2.75, 3.05) is 0 Å². The third-order valence-corrected chi connectivity index (χ3v) is 11.4. The number of fused-ring (bicyclic) bond motifs is 6. The van der Waals surface area contributed by atoms with Gasteiger partial charge in [0.1, 0.15) is 0 Å². The second kappa shape index (κ2) is 13.3. The Bertz CT molecular complexity index is 3640. The maximum Gasteiger partial charge on any atom is 0.166 e. The minimum atomic E-state index is -0.505. The highest BCUT2D eigenvalue weighted by atomic mass is 32.1. The molecule has 0 unspecified atom stereocenters. The summed E-state index contributed by atoms with van der Waals surface area (Å²) in [5.41, 5.74) is 6.70. The van der Waals surface area contributed by atoms with Crippen molar-refractivity contribution in [3.63, 3.8) is 0 Å². The zero-order valence-electron chi connectivity index (χ0n) is 37.6. The minimum Gasteiger partial charge on any atom is -0.309 e. The first-order chi connectivity index (χ1) is 31.1. The zero-order chi connectivity index (χ0) is 44.0. The standard InChI is InChI=1S/C51H32N4S/c1-3-16-33(17-4-1)37-25-14-27-41-42-28-15-26-38(48(42)56-47(37)41)35-20-13-21-36(32-35)50-52-49(34-18-5-2-6-19-34)53-51(54-50)43-24-9-12-31-46(43)55-44-29-10-7-22-39(44)40-23-8-11-30-45(40)55/h1-32H/i7D,8D,10D,11D,22D,23D,29D,30D. The molecule has 0 amide bonds. The Hall–Kier alpha value is -7.21. The van der Waals surface area contributed by atoms with Crippen LogP contribution in [0.25, 0.3) is 104 Å². The highest BCUT2D eigenvalue weighted by molar-refractivity contribution is 7.26. The second-order valence-electron chi connectivity index (χ2n) is 13.4. The van der Waals surface area contributed by atoms with Gasteiger partial charge in [0.15, 0.2) is 17.5 Å². The molecule has 0 fully saturated rings. The molecule has 0 N–H and O–H groups in total. The average molecular weight is 741 g/mol. The molecule has 0 aliphatic rings. The van der Waals surface area contributed by atoms with E-state index < -0.39 is 36.3 Å². The molecular weight excluding hydrogens is 701 g/mol. The van der Waals surface area contributed by atoms with Crippen LogP contribution in [0.5, 0.6) is 0 Å². The van der Waals surface area contributed by atoms with Crippen LogP contribution in [-0.4, -0.2) is 19.5 Å². The number of thiophene rings is 1. The fourth-order valence-corrected chi connectivity index (χ4v) is 8.95. The van der Waals surface area contributed by atoms with Gasteiger partial charge in [0.05, 0.1) is 27.7 Å². The van der Waals surface area contributed by atoms with Crippen LogP contribution in [0, 0.1) is 0 Å². The highest BCUT2D eigenvalue weighted by Gasteiger charge is 2.20. The van der Waals surface area contributed by atoms with E-state index in [1.54, 1.807) is 35.6 Å². The number of rotatable bonds is 6. The molecule has 3 aromatic heterocycles. The average Bonchev–Trinajstić information content (AvgIpc) is 3.92. The van der Waals surface area contributed by atoms with E-state index in [9.17, 15) is 0 Å². The van der Waals surface area contributed by atoms with Crippen molar-refractivity contribution < 1.29 is 11.0 Å². The molecule has 0 aliphatic carbocycles. The first kappa shape index (κ1) is 25.0. The van der Waals surface area contributed by atoms with E-state index in [4.69, 9.17) is 25.9 Å². The maximum absolute atomic E-state index is 9.12. The van der Waals surface area contributed by atoms with Crippen molar-refractivity contribution in [2.45, 2.75) is 0 Å². The van der Waals surface area contributed by atoms with E-state index in [1.807, 2.05) is 48.5 Å². The van der Waals surface area contributed by atoms with Crippen LogP contribution >= 0.6 is 11.3 Å². The number of hydrogen-bond donors (Lipinski definition) is 0. The lowest BCUT2D eigenvalue weighted by atomic mass is 9.99. The topological polar surface area (TPSA) is 43.6 Å². The van der Waals surface area contributed by atoms with E-state index in [0.29, 0.717) is 22.9 Å². The Morgan fingerprint density at radius 1 is 0.393 bits per heavy atom. The maximum atomic E-state index is 9.12. The monoisotopic (exact) mass is 740 g/mol. The first-order valence-corrected chi connectivity index (χ1v) is 18.9. The molecule has 0 atom stereocenters. The number of aromatic nitrogens is 4. The van der Waals surface area contributed by atoms with Gasteiger partial charge in [-0.3, -0.25) is 0 Å². The normalized spacial score (nSPS) is 13.6. The van der Waals surface area contributed by atoms with Crippen LogP contribution in [0.15, 0.2) is 194 Å². The summed E-state index contributed by atoms with van der Waals surface area (Å²) in [6.07, 6.45) is 0. The van der Waals surface area contributed by atoms with Gasteiger partial charge in [0.25, 0.3) is 0 Å². The van der Waals surface area contributed by atoms with Gasteiger partial charge in [-0.1, -0.05) is 164 Å². The summed E-state index contributed by atoms with van der Waals surface area (Å²) in [7, 11) is 0. The largest absolute Gasteiger partial charge is 0.309 e. The van der Waals surface area contributed by atoms with E-state index in [-0.39, 0.29) is 39.7 Å². The van der Waals surface area contributed by atoms with Gasteiger partial charge in [0.2, 0.25) is 0 Å². The molecule has 8 aromatic carbocycles. The van der Waals surface area contributed by atoms with Crippen LogP contribution in [0.2, 0.25) is 0 Å². The van der Waals surface area contributed by atoms with Crippen molar-refractivity contribution in [1.82, 2.24) is 19.5 Å². The summed E-state index contributed by atoms with van der Waals surface area (Å²) < 4.78 is 74.3. The lowest BCUT2D eigenvalue weighted by Crippen LogP contribution is -2.03. The zero-order valence-corrected chi connectivity index (χ0v) is 30.4. The fraction of sp³-hybridized carbons (Fsp3) is 0. The lowest BCUT2D eigenvalue weighted by molar-refractivity contribution is 1.06. The molecule has 5 heteroatoms. The third kappa shape index (κ3) is 5.32. The molecule has 262 valence electrons. The van der Waals surface area contributed by atoms with E-state index in [1.165, 1.54) is 25.6 Å². The molecule has 0 spiro atoms. The van der Waals surface area contributed by atoms with Crippen LogP contribution in [-0.2, 0) is 0 Å². The Morgan fingerprint density at radius 2 is 0.875 bits per heavy atom. The quantitative estimate of drug-likeness (QED) is 0.170. The molecule has 56 heavy (non-hydrogen) atoms. The molecule has 0 aliphatic heterocycles. The Morgan fingerprint density at radius 3 is 1.55 bits per heavy atom. The summed E-state index contributed by atoms with van der Waals surface area (Å²) in [6.45, 7) is 0. The number of nitrogens with zero attached hydrogens (tertiary/aromatic N) is 4. The Kier molecular flexibility index (Phi) is 5.92. The first-order valence-electron chi connectivity index (χ1n) is 22.1. The number of benzene rings is 8. The Balaban J connectivity index is 1.14. The summed E-state index contributed by atoms with van der Waals surface area (Å²) in [5, 5.41) is 2.35. The van der Waals surface area contributed by atoms with Gasteiger partial charge < -0.3 is 4.57 Å². The molecule has 3 heterocycles. The Labute approximate surface area is 338 Å². The summed E-state index contributed by atoms with van der Waals surface area (Å²) >= 11 is 1.78. The molecule has 0 saturated carbocycles. The molecular formula is C51H32N4S. The van der Waals surface area contributed by atoms with Crippen molar-refractivity contribution in [2.24, 2.45) is 0 Å². The third-order valence-electron chi connectivity index (χ3n) is 10.1. The number of hydrogen-bond acceptors (Lipinski definition) is 4. The lowest BCUT2D eigenvalue weighted by Gasteiger charge is -2.14. The van der Waals surface area contributed by atoms with Crippen LogP contribution in [0.1, 0.15) is 11.0 Å². The highest BCUT2D eigenvalue weighted by Crippen LogP contribution is 2.44. The van der Waals surface area contributed by atoms with Crippen LogP contribution < -0.4 is 0 Å². The van der Waals surface area contributed by atoms with Gasteiger partial charge >= 0.3 is 0 Å². The van der Waals surface area contributed by atoms with Gasteiger partial charge in [-0.15, -0.1) is 11.3 Å². The van der Waals surface area contributed by atoms with Crippen LogP contribution in [0.3, 0.4) is 0 Å². The summed E-state index contributed by atoms with van der Waals surface area (Å²) in [6, 6.07) is 44.5. The smallest absolute Gasteiger partial charge is 0.166 e. The predicted molar refractivity (Wildman–Crippen MR) is 234 cm³/mol. The van der Waals surface area contributed by atoms with Gasteiger partial charge in [0, 0.05) is 47.6 Å². The van der Waals surface area contributed by atoms with E-state index in [0.717, 1.165) is 32.5 Å². The molecule has 4 nitrogen and oxygen atoms in total. The second-order valence-corrected chi connectivity index (χ2v) is 14.4. The van der Waals surface area contributed by atoms with Crippen LogP contribution in [0.4, 0.5) is 0 Å². The molecule has 0 radical (unpaired) electrons. The van der Waals surface area contributed by atoms with Gasteiger partial charge in [-0.25, -0.2) is 15.0 Å². The van der Waals surface area contributed by atoms with Crippen molar-refractivity contribution >= 4 is 53.3 Å². The molecule has 11 aromatic rings. The van der Waals surface area contributed by atoms with Gasteiger partial charge in [-0.05, 0) is 52.5 Å². The molecule has 0 saturated heterocycles. The van der Waals surface area contributed by atoms with Crippen molar-refractivity contribution in [3.05, 3.63) is 194 Å².